The standard InChI is InChI=1S/C14H17NO5/c1-2-3-4-15-14(17)8-18-11-6-13-12(19-9-20-13)5-10(11)7-16/h5-7H,2-4,8-9H2,1H3,(H,15,17). The number of ether oxygens (including phenoxy) is 3. The third-order valence-corrected chi connectivity index (χ3v) is 2.84. The van der Waals surface area contributed by atoms with E-state index in [0.29, 0.717) is 35.6 Å². The minimum atomic E-state index is -0.215. The number of nitrogens with one attached hydrogen (secondary N) is 1. The van der Waals surface area contributed by atoms with Crippen LogP contribution in [-0.4, -0.2) is 32.1 Å². The van der Waals surface area contributed by atoms with Crippen molar-refractivity contribution < 1.29 is 23.8 Å². The molecule has 6 nitrogen and oxygen atoms in total. The van der Waals surface area contributed by atoms with Gasteiger partial charge < -0.3 is 19.5 Å². The highest BCUT2D eigenvalue weighted by molar-refractivity contribution is 5.82. The number of carbonyl (C=O) groups excluding carboxylic acids is 2. The van der Waals surface area contributed by atoms with Crippen molar-refractivity contribution in [1.29, 1.82) is 0 Å². The molecule has 1 aliphatic heterocycles. The molecule has 0 fully saturated rings. The van der Waals surface area contributed by atoms with Crippen LogP contribution in [0.2, 0.25) is 0 Å². The van der Waals surface area contributed by atoms with Gasteiger partial charge in [-0.1, -0.05) is 13.3 Å². The van der Waals surface area contributed by atoms with Gasteiger partial charge in [-0.2, -0.15) is 0 Å². The van der Waals surface area contributed by atoms with Crippen LogP contribution in [0.1, 0.15) is 30.1 Å². The summed E-state index contributed by atoms with van der Waals surface area (Å²) in [6.45, 7) is 2.66. The van der Waals surface area contributed by atoms with E-state index < -0.39 is 0 Å². The molecule has 1 heterocycles. The van der Waals surface area contributed by atoms with E-state index in [1.165, 1.54) is 0 Å². The highest BCUT2D eigenvalue weighted by Gasteiger charge is 2.18. The summed E-state index contributed by atoms with van der Waals surface area (Å²) in [5, 5.41) is 2.74. The van der Waals surface area contributed by atoms with E-state index in [2.05, 4.69) is 5.32 Å². The zero-order chi connectivity index (χ0) is 14.4. The molecule has 0 unspecified atom stereocenters. The Hall–Kier alpha value is -2.24. The SMILES string of the molecule is CCCCNC(=O)COc1cc2c(cc1C=O)OCO2. The molecule has 1 aromatic carbocycles. The molecule has 1 N–H and O–H groups in total. The number of aldehydes is 1. The second kappa shape index (κ2) is 6.79. The molecular formula is C14H17NO5. The molecule has 6 heteroatoms. The largest absolute Gasteiger partial charge is 0.483 e. The van der Waals surface area contributed by atoms with E-state index in [1.807, 2.05) is 6.92 Å². The second-order valence-electron chi connectivity index (χ2n) is 4.35. The number of carbonyl (C=O) groups is 2. The first-order chi connectivity index (χ1) is 9.74. The van der Waals surface area contributed by atoms with Gasteiger partial charge in [-0.3, -0.25) is 9.59 Å². The highest BCUT2D eigenvalue weighted by atomic mass is 16.7. The lowest BCUT2D eigenvalue weighted by Crippen LogP contribution is -2.29. The first kappa shape index (κ1) is 14.2. The van der Waals surface area contributed by atoms with E-state index in [0.717, 1.165) is 12.8 Å². The topological polar surface area (TPSA) is 73.9 Å². The van der Waals surface area contributed by atoms with Crippen LogP contribution in [0, 0.1) is 0 Å². The normalized spacial score (nSPS) is 12.1. The van der Waals surface area contributed by atoms with Gasteiger partial charge in [-0.25, -0.2) is 0 Å². The maximum atomic E-state index is 11.5. The van der Waals surface area contributed by atoms with Crippen LogP contribution >= 0.6 is 0 Å². The number of fused-ring (bicyclic) bond motifs is 1. The van der Waals surface area contributed by atoms with Gasteiger partial charge in [0.2, 0.25) is 6.79 Å². The number of amides is 1. The summed E-state index contributed by atoms with van der Waals surface area (Å²) < 4.78 is 15.7. The van der Waals surface area contributed by atoms with Gasteiger partial charge in [-0.15, -0.1) is 0 Å². The van der Waals surface area contributed by atoms with Crippen molar-refractivity contribution in [2.45, 2.75) is 19.8 Å². The van der Waals surface area contributed by atoms with Gasteiger partial charge in [0.25, 0.3) is 5.91 Å². The van der Waals surface area contributed by atoms with Crippen LogP contribution in [0.15, 0.2) is 12.1 Å². The van der Waals surface area contributed by atoms with Gasteiger partial charge in [-0.05, 0) is 12.5 Å². The zero-order valence-electron chi connectivity index (χ0n) is 11.3. The molecule has 0 bridgehead atoms. The molecule has 0 aliphatic carbocycles. The zero-order valence-corrected chi connectivity index (χ0v) is 11.3. The molecule has 0 spiro atoms. The molecule has 1 aromatic rings. The van der Waals surface area contributed by atoms with Crippen LogP contribution in [0.5, 0.6) is 17.2 Å². The number of benzene rings is 1. The van der Waals surface area contributed by atoms with Crippen molar-refractivity contribution in [3.05, 3.63) is 17.7 Å². The third-order valence-electron chi connectivity index (χ3n) is 2.84. The fraction of sp³-hybridized carbons (Fsp3) is 0.429. The summed E-state index contributed by atoms with van der Waals surface area (Å²) in [6.07, 6.45) is 2.60. The molecule has 1 amide bonds. The van der Waals surface area contributed by atoms with E-state index >= 15 is 0 Å². The average Bonchev–Trinajstić information content (AvgIpc) is 2.91. The Morgan fingerprint density at radius 1 is 1.40 bits per heavy atom. The van der Waals surface area contributed by atoms with Gasteiger partial charge >= 0.3 is 0 Å². The molecule has 1 aliphatic rings. The van der Waals surface area contributed by atoms with E-state index in [4.69, 9.17) is 14.2 Å². The first-order valence-corrected chi connectivity index (χ1v) is 6.53. The molecule has 0 aromatic heterocycles. The van der Waals surface area contributed by atoms with Crippen LogP contribution in [0.3, 0.4) is 0 Å². The Labute approximate surface area is 117 Å². The van der Waals surface area contributed by atoms with Crippen LogP contribution < -0.4 is 19.5 Å². The molecule has 0 saturated carbocycles. The summed E-state index contributed by atoms with van der Waals surface area (Å²) in [6, 6.07) is 3.10. The molecule has 2 rings (SSSR count). The Morgan fingerprint density at radius 2 is 2.15 bits per heavy atom. The summed E-state index contributed by atoms with van der Waals surface area (Å²) in [4.78, 5) is 22.6. The van der Waals surface area contributed by atoms with Crippen LogP contribution in [0.4, 0.5) is 0 Å². The minimum absolute atomic E-state index is 0.120. The fourth-order valence-corrected chi connectivity index (χ4v) is 1.76. The van der Waals surface area contributed by atoms with E-state index in [1.54, 1.807) is 12.1 Å². The first-order valence-electron chi connectivity index (χ1n) is 6.53. The monoisotopic (exact) mass is 279 g/mol. The fourth-order valence-electron chi connectivity index (χ4n) is 1.76. The van der Waals surface area contributed by atoms with Crippen molar-refractivity contribution in [3.8, 4) is 17.2 Å². The van der Waals surface area contributed by atoms with Crippen molar-refractivity contribution in [2.75, 3.05) is 19.9 Å². The molecular weight excluding hydrogens is 262 g/mol. The smallest absolute Gasteiger partial charge is 0.257 e. The lowest BCUT2D eigenvalue weighted by molar-refractivity contribution is -0.123. The van der Waals surface area contributed by atoms with Crippen molar-refractivity contribution in [2.24, 2.45) is 0 Å². The maximum absolute atomic E-state index is 11.5. The number of rotatable bonds is 7. The van der Waals surface area contributed by atoms with Crippen LogP contribution in [0.25, 0.3) is 0 Å². The highest BCUT2D eigenvalue weighted by Crippen LogP contribution is 2.37. The minimum Gasteiger partial charge on any atom is -0.483 e. The number of unbranched alkanes of at least 4 members (excludes halogenated alkanes) is 1. The number of hydrogen-bond acceptors (Lipinski definition) is 5. The van der Waals surface area contributed by atoms with Crippen LogP contribution in [-0.2, 0) is 4.79 Å². The average molecular weight is 279 g/mol. The van der Waals surface area contributed by atoms with E-state index in [-0.39, 0.29) is 19.3 Å². The molecule has 0 radical (unpaired) electrons. The molecule has 20 heavy (non-hydrogen) atoms. The molecule has 0 atom stereocenters. The third kappa shape index (κ3) is 3.40. The Morgan fingerprint density at radius 3 is 2.85 bits per heavy atom. The predicted molar refractivity (Wildman–Crippen MR) is 71.4 cm³/mol. The van der Waals surface area contributed by atoms with Gasteiger partial charge in [0.15, 0.2) is 24.4 Å². The Kier molecular flexibility index (Phi) is 4.81. The maximum Gasteiger partial charge on any atom is 0.257 e. The Bertz CT molecular complexity index is 501. The van der Waals surface area contributed by atoms with Crippen molar-refractivity contribution >= 4 is 12.2 Å². The second-order valence-corrected chi connectivity index (χ2v) is 4.35. The predicted octanol–water partition coefficient (Wildman–Crippen LogP) is 1.52. The van der Waals surface area contributed by atoms with Gasteiger partial charge in [0.1, 0.15) is 5.75 Å². The quantitative estimate of drug-likeness (QED) is 0.605. The molecule has 0 saturated heterocycles. The van der Waals surface area contributed by atoms with Gasteiger partial charge in [0.05, 0.1) is 5.56 Å². The summed E-state index contributed by atoms with van der Waals surface area (Å²) in [5.74, 6) is 1.12. The van der Waals surface area contributed by atoms with E-state index in [9.17, 15) is 9.59 Å². The number of hydrogen-bond donors (Lipinski definition) is 1. The molecule has 108 valence electrons. The Balaban J connectivity index is 1.95. The van der Waals surface area contributed by atoms with Crippen molar-refractivity contribution in [3.63, 3.8) is 0 Å². The lowest BCUT2D eigenvalue weighted by atomic mass is 10.2. The summed E-state index contributed by atoms with van der Waals surface area (Å²) >= 11 is 0. The van der Waals surface area contributed by atoms with Gasteiger partial charge in [0, 0.05) is 12.6 Å². The summed E-state index contributed by atoms with van der Waals surface area (Å²) in [7, 11) is 0. The lowest BCUT2D eigenvalue weighted by Gasteiger charge is -2.09. The summed E-state index contributed by atoms with van der Waals surface area (Å²) in [5.41, 5.74) is 0.329. The van der Waals surface area contributed by atoms with Crippen molar-refractivity contribution in [1.82, 2.24) is 5.32 Å².